The minimum absolute atomic E-state index is 0.0435. The molecule has 0 bridgehead atoms. The van der Waals surface area contributed by atoms with Crippen LogP contribution in [-0.2, 0) is 0 Å². The van der Waals surface area contributed by atoms with Crippen molar-refractivity contribution < 1.29 is 9.83 Å². The maximum Gasteiger partial charge on any atom is 0.280 e. The molecule has 2 aromatic heterocycles. The van der Waals surface area contributed by atoms with E-state index in [1.54, 1.807) is 42.5 Å². The van der Waals surface area contributed by atoms with Gasteiger partial charge in [0.2, 0.25) is 0 Å². The highest BCUT2D eigenvalue weighted by atomic mass is 16.7. The number of nitrogens with zero attached hydrogens (tertiary/aromatic N) is 3. The molecule has 1 N–H and O–H groups in total. The molecule has 0 saturated carbocycles. The summed E-state index contributed by atoms with van der Waals surface area (Å²) >= 11 is 0. The monoisotopic (exact) mass is 358 g/mol. The van der Waals surface area contributed by atoms with Gasteiger partial charge >= 0.3 is 0 Å². The zero-order valence-corrected chi connectivity index (χ0v) is 14.1. The molecular weight excluding hydrogens is 344 g/mol. The van der Waals surface area contributed by atoms with Crippen LogP contribution in [-0.4, -0.2) is 20.6 Å². The number of hydrogen-bond acceptors (Lipinski definition) is 4. The van der Waals surface area contributed by atoms with E-state index in [0.29, 0.717) is 22.3 Å². The molecule has 4 aromatic rings. The average Bonchev–Trinajstić information content (AvgIpc) is 3.05. The number of pyridine rings is 1. The third-order valence-electron chi connectivity index (χ3n) is 4.20. The molecule has 0 aliphatic heterocycles. The van der Waals surface area contributed by atoms with Crippen LogP contribution in [0, 0.1) is 10.1 Å². The number of nitrogens with one attached hydrogen (secondary N) is 1. The van der Waals surface area contributed by atoms with Crippen LogP contribution < -0.4 is 5.32 Å². The van der Waals surface area contributed by atoms with Crippen molar-refractivity contribution in [2.24, 2.45) is 0 Å². The molecule has 0 atom stereocenters. The highest BCUT2D eigenvalue weighted by Crippen LogP contribution is 2.35. The second-order valence-corrected chi connectivity index (χ2v) is 5.83. The molecule has 0 aliphatic rings. The Bertz CT molecular complexity index is 1140. The molecule has 2 aromatic carbocycles. The molecular formula is C20H14N4O3. The van der Waals surface area contributed by atoms with Crippen LogP contribution in [0.1, 0.15) is 10.5 Å². The fourth-order valence-corrected chi connectivity index (χ4v) is 3.11. The molecule has 7 heteroatoms. The zero-order valence-electron chi connectivity index (χ0n) is 14.1. The van der Waals surface area contributed by atoms with Crippen molar-refractivity contribution in [2.75, 3.05) is 5.32 Å². The summed E-state index contributed by atoms with van der Waals surface area (Å²) in [5, 5.41) is 14.5. The topological polar surface area (TPSA) is 90.1 Å². The molecule has 132 valence electrons. The summed E-state index contributed by atoms with van der Waals surface area (Å²) in [5.74, 6) is -0.276. The number of fused-ring (bicyclic) bond motifs is 1. The van der Waals surface area contributed by atoms with E-state index >= 15 is 0 Å². The number of carbonyl (C=O) groups is 1. The smallest absolute Gasteiger partial charge is 0.280 e. The number of para-hydroxylation sites is 1. The van der Waals surface area contributed by atoms with Crippen LogP contribution in [0.4, 0.5) is 5.82 Å². The largest absolute Gasteiger partial charge is 0.305 e. The van der Waals surface area contributed by atoms with Gasteiger partial charge in [0.25, 0.3) is 5.91 Å². The third-order valence-corrected chi connectivity index (χ3v) is 4.20. The van der Waals surface area contributed by atoms with Gasteiger partial charge in [0.05, 0.1) is 0 Å². The molecule has 0 saturated heterocycles. The summed E-state index contributed by atoms with van der Waals surface area (Å²) in [6.45, 7) is 0. The lowest BCUT2D eigenvalue weighted by Gasteiger charge is -2.07. The Morgan fingerprint density at radius 3 is 2.37 bits per heavy atom. The van der Waals surface area contributed by atoms with Gasteiger partial charge in [-0.2, -0.15) is 0 Å². The number of nitro groups is 1. The van der Waals surface area contributed by atoms with Gasteiger partial charge in [-0.15, -0.1) is 0 Å². The summed E-state index contributed by atoms with van der Waals surface area (Å²) < 4.78 is 0.829. The Morgan fingerprint density at radius 2 is 1.67 bits per heavy atom. The van der Waals surface area contributed by atoms with Gasteiger partial charge in [-0.25, -0.2) is 15.1 Å². The number of carbonyl (C=O) groups excluding carboxylic acids is 1. The van der Waals surface area contributed by atoms with Gasteiger partial charge in [0, 0.05) is 17.1 Å². The Labute approximate surface area is 154 Å². The van der Waals surface area contributed by atoms with Crippen LogP contribution in [0.15, 0.2) is 79.0 Å². The first-order valence-corrected chi connectivity index (χ1v) is 8.23. The zero-order chi connectivity index (χ0) is 18.8. The number of hydrogen-bond donors (Lipinski definition) is 1. The Kier molecular flexibility index (Phi) is 4.10. The molecule has 2 heterocycles. The van der Waals surface area contributed by atoms with E-state index < -0.39 is 10.9 Å². The molecule has 27 heavy (non-hydrogen) atoms. The fourth-order valence-electron chi connectivity index (χ4n) is 3.11. The first-order chi connectivity index (χ1) is 13.2. The first kappa shape index (κ1) is 16.5. The van der Waals surface area contributed by atoms with Crippen molar-refractivity contribution in [3.63, 3.8) is 0 Å². The van der Waals surface area contributed by atoms with E-state index in [1.165, 1.54) is 6.20 Å². The second-order valence-electron chi connectivity index (χ2n) is 5.83. The van der Waals surface area contributed by atoms with E-state index in [-0.39, 0.29) is 5.69 Å². The average molecular weight is 358 g/mol. The highest BCUT2D eigenvalue weighted by Gasteiger charge is 2.29. The predicted molar refractivity (Wildman–Crippen MR) is 102 cm³/mol. The lowest BCUT2D eigenvalue weighted by Crippen LogP contribution is -2.22. The number of amides is 1. The van der Waals surface area contributed by atoms with E-state index in [1.807, 2.05) is 30.3 Å². The molecule has 0 unspecified atom stereocenters. The third kappa shape index (κ3) is 2.91. The molecule has 4 rings (SSSR count). The van der Waals surface area contributed by atoms with Crippen molar-refractivity contribution in [2.45, 2.75) is 0 Å². The predicted octanol–water partition coefficient (Wildman–Crippen LogP) is 4.00. The molecule has 0 fully saturated rings. The molecule has 1 amide bonds. The summed E-state index contributed by atoms with van der Waals surface area (Å²) in [6, 6.07) is 21.1. The van der Waals surface area contributed by atoms with E-state index in [9.17, 15) is 14.9 Å². The van der Waals surface area contributed by atoms with Gasteiger partial charge in [-0.1, -0.05) is 59.3 Å². The van der Waals surface area contributed by atoms with Crippen LogP contribution in [0.3, 0.4) is 0 Å². The maximum absolute atomic E-state index is 13.0. The van der Waals surface area contributed by atoms with Crippen molar-refractivity contribution in [3.05, 3.63) is 94.8 Å². The van der Waals surface area contributed by atoms with Crippen LogP contribution in [0.2, 0.25) is 0 Å². The lowest BCUT2D eigenvalue weighted by molar-refractivity contribution is -0.537. The first-order valence-electron chi connectivity index (χ1n) is 8.23. The van der Waals surface area contributed by atoms with E-state index in [0.717, 1.165) is 10.2 Å². The van der Waals surface area contributed by atoms with Crippen molar-refractivity contribution in [1.82, 2.24) is 9.66 Å². The van der Waals surface area contributed by atoms with E-state index in [2.05, 4.69) is 10.3 Å². The number of rotatable bonds is 4. The van der Waals surface area contributed by atoms with Crippen molar-refractivity contribution in [1.29, 1.82) is 0 Å². The molecule has 0 aliphatic carbocycles. The Balaban J connectivity index is 1.98. The number of benzene rings is 2. The van der Waals surface area contributed by atoms with Gasteiger partial charge in [0.1, 0.15) is 11.3 Å². The molecule has 0 spiro atoms. The molecule has 0 radical (unpaired) electrons. The summed E-state index contributed by atoms with van der Waals surface area (Å²) in [4.78, 5) is 28.9. The number of aromatic nitrogens is 2. The Hall–Kier alpha value is -4.00. The second kappa shape index (κ2) is 6.72. The minimum Gasteiger partial charge on any atom is -0.305 e. The van der Waals surface area contributed by atoms with Gasteiger partial charge in [0.15, 0.2) is 10.7 Å². The standard InChI is InChI=1S/C20H14N4O3/c25-20(22-17-12-6-7-13-21-17)19-18(14-8-2-1-3-9-14)15-10-4-5-11-16(15)23(19)24(26)27/h1-13H,(H,21,22,25). The highest BCUT2D eigenvalue weighted by molar-refractivity contribution is 6.14. The quantitative estimate of drug-likeness (QED) is 0.441. The SMILES string of the molecule is O=C(Nc1ccccn1)c1c(-c2ccccc2)c2ccccc2n1[N+](=O)[O-]. The van der Waals surface area contributed by atoms with Crippen LogP contribution in [0.25, 0.3) is 22.0 Å². The van der Waals surface area contributed by atoms with Gasteiger partial charge in [-0.05, 0) is 23.8 Å². The fraction of sp³-hybridized carbons (Fsp3) is 0. The van der Waals surface area contributed by atoms with Gasteiger partial charge in [-0.3, -0.25) is 4.79 Å². The number of anilines is 1. The van der Waals surface area contributed by atoms with Crippen LogP contribution in [0.5, 0.6) is 0 Å². The Morgan fingerprint density at radius 1 is 0.963 bits per heavy atom. The maximum atomic E-state index is 13.0. The van der Waals surface area contributed by atoms with Crippen LogP contribution >= 0.6 is 0 Å². The summed E-state index contributed by atoms with van der Waals surface area (Å²) in [5.41, 5.74) is 1.54. The lowest BCUT2D eigenvalue weighted by atomic mass is 10.0. The summed E-state index contributed by atoms with van der Waals surface area (Å²) in [7, 11) is 0. The molecule has 7 nitrogen and oxygen atoms in total. The van der Waals surface area contributed by atoms with Crippen molar-refractivity contribution in [3.8, 4) is 11.1 Å². The minimum atomic E-state index is -0.597. The normalized spacial score (nSPS) is 10.7. The van der Waals surface area contributed by atoms with Crippen molar-refractivity contribution >= 4 is 22.6 Å². The van der Waals surface area contributed by atoms with Gasteiger partial charge < -0.3 is 5.32 Å². The van der Waals surface area contributed by atoms with E-state index in [4.69, 9.17) is 0 Å². The summed E-state index contributed by atoms with van der Waals surface area (Å²) in [6.07, 6.45) is 1.54.